The van der Waals surface area contributed by atoms with Crippen LogP contribution in [0.15, 0.2) is 36.7 Å². The van der Waals surface area contributed by atoms with Gasteiger partial charge in [-0.1, -0.05) is 0 Å². The number of rotatable bonds is 7. The molecule has 1 amide bonds. The van der Waals surface area contributed by atoms with Gasteiger partial charge in [-0.3, -0.25) is 0 Å². The molecular weight excluding hydrogens is 528 g/mol. The van der Waals surface area contributed by atoms with E-state index < -0.39 is 34.4 Å². The third kappa shape index (κ3) is 6.80. The van der Waals surface area contributed by atoms with Gasteiger partial charge in [-0.15, -0.1) is 12.4 Å². The van der Waals surface area contributed by atoms with Gasteiger partial charge >= 0.3 is 159 Å². The van der Waals surface area contributed by atoms with Crippen molar-refractivity contribution in [3.63, 3.8) is 0 Å². The van der Waals surface area contributed by atoms with Crippen molar-refractivity contribution >= 4 is 65.4 Å². The minimum absolute atomic E-state index is 0. The fraction of sp³-hybridized carbons (Fsp3) is 0.200. The van der Waals surface area contributed by atoms with Crippen molar-refractivity contribution in [2.75, 3.05) is 13.2 Å². The average molecular weight is 544 g/mol. The minimum atomic E-state index is -1.07. The quantitative estimate of drug-likeness (QED) is 0.258. The molecule has 0 spiro atoms. The second kappa shape index (κ2) is 11.0. The maximum atomic E-state index is 14.0. The molecule has 0 saturated heterocycles. The summed E-state index contributed by atoms with van der Waals surface area (Å²) in [5.41, 5.74) is 2.53. The molecule has 2 aromatic rings. The predicted octanol–water partition coefficient (Wildman–Crippen LogP) is -0.0833. The fourth-order valence-electron chi connectivity index (χ4n) is 1.68. The van der Waals surface area contributed by atoms with Gasteiger partial charge in [-0.05, 0) is 0 Å². The molecule has 3 N–H and O–H groups in total. The number of aromatic nitrogens is 1. The van der Waals surface area contributed by atoms with Crippen molar-refractivity contribution < 1.29 is 24.2 Å². The topological polar surface area (TPSA) is 91.7 Å². The molecule has 135 valence electrons. The number of aliphatic hydroxyl groups is 2. The van der Waals surface area contributed by atoms with Crippen molar-refractivity contribution in [3.05, 3.63) is 51.6 Å². The monoisotopic (exact) mass is 543 g/mol. The zero-order valence-electron chi connectivity index (χ0n) is 12.7. The van der Waals surface area contributed by atoms with Crippen LogP contribution in [0.3, 0.4) is 0 Å². The summed E-state index contributed by atoms with van der Waals surface area (Å²) >= 11 is 1.26. The maximum absolute atomic E-state index is 14.0. The molecule has 1 radical (unpaired) electrons. The van der Waals surface area contributed by atoms with Crippen LogP contribution >= 0.6 is 35.0 Å². The van der Waals surface area contributed by atoms with E-state index in [1.165, 1.54) is 24.5 Å². The molecule has 2 rings (SSSR count). The second-order valence-electron chi connectivity index (χ2n) is 4.68. The first kappa shape index (κ1) is 22.3. The van der Waals surface area contributed by atoms with Crippen LogP contribution in [0, 0.1) is 9.39 Å². The van der Waals surface area contributed by atoms with E-state index in [1.54, 1.807) is 6.07 Å². The SMILES string of the molecule is Cl.O=C(NOC[C@H](O)CO)c1ccncc1[As]c1ccc(I)cc1F. The van der Waals surface area contributed by atoms with Crippen LogP contribution in [0.5, 0.6) is 0 Å². The number of aliphatic hydroxyl groups excluding tert-OH is 2. The summed E-state index contributed by atoms with van der Waals surface area (Å²) in [6, 6.07) is 6.49. The van der Waals surface area contributed by atoms with Gasteiger partial charge in [0, 0.05) is 0 Å². The fourth-order valence-corrected chi connectivity index (χ4v) is 4.23. The molecule has 6 nitrogen and oxygen atoms in total. The number of nitrogens with one attached hydrogen (secondary N) is 1. The van der Waals surface area contributed by atoms with Crippen molar-refractivity contribution in [2.24, 2.45) is 0 Å². The third-order valence-corrected chi connectivity index (χ3v) is 6.04. The number of hydrogen-bond acceptors (Lipinski definition) is 5. The summed E-state index contributed by atoms with van der Waals surface area (Å²) in [6.45, 7) is -0.699. The Kier molecular flexibility index (Phi) is 9.84. The van der Waals surface area contributed by atoms with Gasteiger partial charge in [-0.25, -0.2) is 0 Å². The molecule has 10 heteroatoms. The van der Waals surface area contributed by atoms with E-state index in [4.69, 9.17) is 15.1 Å². The van der Waals surface area contributed by atoms with Crippen LogP contribution in [0.2, 0.25) is 0 Å². The molecule has 1 aromatic carbocycles. The molecule has 0 aliphatic carbocycles. The summed E-state index contributed by atoms with van der Waals surface area (Å²) in [6.07, 6.45) is 1.93. The Labute approximate surface area is 170 Å². The van der Waals surface area contributed by atoms with Crippen LogP contribution in [-0.4, -0.2) is 56.2 Å². The van der Waals surface area contributed by atoms with E-state index in [-0.39, 0.29) is 24.8 Å². The van der Waals surface area contributed by atoms with Crippen molar-refractivity contribution in [3.8, 4) is 0 Å². The molecular formula is C15H15AsClFIN2O4. The van der Waals surface area contributed by atoms with E-state index in [0.717, 1.165) is 3.57 Å². The zero-order valence-corrected chi connectivity index (χ0v) is 17.6. The number of carbonyl (C=O) groups is 1. The number of amides is 1. The molecule has 1 heterocycles. The number of carbonyl (C=O) groups excluding carboxylic acids is 1. The van der Waals surface area contributed by atoms with Gasteiger partial charge in [-0.2, -0.15) is 0 Å². The molecule has 0 saturated carbocycles. The van der Waals surface area contributed by atoms with Crippen LogP contribution in [0.1, 0.15) is 10.4 Å². The normalized spacial score (nSPS) is 12.0. The van der Waals surface area contributed by atoms with E-state index in [9.17, 15) is 9.18 Å². The number of hydrogen-bond donors (Lipinski definition) is 3. The molecule has 0 aliphatic rings. The second-order valence-corrected chi connectivity index (χ2v) is 8.42. The summed E-state index contributed by atoms with van der Waals surface area (Å²) in [7, 11) is 0. The molecule has 0 unspecified atom stereocenters. The Hall–Kier alpha value is -0.772. The van der Waals surface area contributed by atoms with Crippen LogP contribution in [-0.2, 0) is 4.84 Å². The van der Waals surface area contributed by atoms with Gasteiger partial charge < -0.3 is 0 Å². The van der Waals surface area contributed by atoms with E-state index in [1.807, 2.05) is 28.7 Å². The number of pyridine rings is 1. The van der Waals surface area contributed by atoms with Gasteiger partial charge in [0.2, 0.25) is 0 Å². The van der Waals surface area contributed by atoms with E-state index in [2.05, 4.69) is 10.5 Å². The Balaban J connectivity index is 0.00000312. The molecule has 0 aliphatic heterocycles. The zero-order chi connectivity index (χ0) is 17.5. The Bertz CT molecular complexity index is 726. The number of nitrogens with zero attached hydrogens (tertiary/aromatic N) is 1. The van der Waals surface area contributed by atoms with Crippen LogP contribution in [0.4, 0.5) is 4.39 Å². The number of hydroxylamine groups is 1. The van der Waals surface area contributed by atoms with Gasteiger partial charge in [0.05, 0.1) is 0 Å². The molecule has 1 aromatic heterocycles. The third-order valence-electron chi connectivity index (χ3n) is 2.85. The predicted molar refractivity (Wildman–Crippen MR) is 102 cm³/mol. The summed E-state index contributed by atoms with van der Waals surface area (Å²) in [5, 5.41) is 17.9. The molecule has 1 atom stereocenters. The number of halogens is 3. The summed E-state index contributed by atoms with van der Waals surface area (Å²) < 4.78 is 16.0. The average Bonchev–Trinajstić information content (AvgIpc) is 2.57. The first-order valence-electron chi connectivity index (χ1n) is 6.83. The Morgan fingerprint density at radius 2 is 2.16 bits per heavy atom. The van der Waals surface area contributed by atoms with Crippen molar-refractivity contribution in [2.45, 2.75) is 6.10 Å². The van der Waals surface area contributed by atoms with Crippen LogP contribution in [0.25, 0.3) is 0 Å². The number of benzene rings is 1. The molecule has 0 bridgehead atoms. The summed E-state index contributed by atoms with van der Waals surface area (Å²) in [4.78, 5) is 21.0. The molecule has 0 fully saturated rings. The first-order chi connectivity index (χ1) is 11.5. The van der Waals surface area contributed by atoms with Gasteiger partial charge in [0.15, 0.2) is 0 Å². The van der Waals surface area contributed by atoms with E-state index in [0.29, 0.717) is 14.3 Å². The van der Waals surface area contributed by atoms with Gasteiger partial charge in [0.25, 0.3) is 0 Å². The summed E-state index contributed by atoms with van der Waals surface area (Å²) in [5.74, 6) is -0.821. The molecule has 25 heavy (non-hydrogen) atoms. The van der Waals surface area contributed by atoms with E-state index >= 15 is 0 Å². The standard InChI is InChI=1S/C15H14AsFIN2O4.ClH/c17-14-5-9(18)1-2-12(14)16-13-6-19-4-3-11(13)15(23)20-24-8-10(22)7-21;/h1-6,10,21-22H,7-8H2,(H,20,23);1H/t10-;/m1./s1. The van der Waals surface area contributed by atoms with Crippen LogP contribution < -0.4 is 14.2 Å². The van der Waals surface area contributed by atoms with Crippen molar-refractivity contribution in [1.82, 2.24) is 10.5 Å². The Morgan fingerprint density at radius 3 is 2.84 bits per heavy atom. The first-order valence-corrected chi connectivity index (χ1v) is 9.78. The van der Waals surface area contributed by atoms with Crippen molar-refractivity contribution in [1.29, 1.82) is 0 Å². The van der Waals surface area contributed by atoms with Gasteiger partial charge in [0.1, 0.15) is 0 Å². The Morgan fingerprint density at radius 1 is 1.40 bits per heavy atom.